The van der Waals surface area contributed by atoms with Crippen LogP contribution >= 0.6 is 0 Å². The molecule has 0 amide bonds. The van der Waals surface area contributed by atoms with Gasteiger partial charge in [-0.3, -0.25) is 11.3 Å². The summed E-state index contributed by atoms with van der Waals surface area (Å²) in [6.45, 7) is 0. The SMILES string of the molecule is COC(c1ccccc1)C(CC1CCC1)NN. The first-order valence-corrected chi connectivity index (χ1v) is 6.39. The molecule has 1 aromatic carbocycles. The highest BCUT2D eigenvalue weighted by molar-refractivity contribution is 5.19. The van der Waals surface area contributed by atoms with Crippen molar-refractivity contribution in [3.05, 3.63) is 35.9 Å². The first kappa shape index (κ1) is 12.6. The van der Waals surface area contributed by atoms with Crippen LogP contribution in [0.15, 0.2) is 30.3 Å². The van der Waals surface area contributed by atoms with Gasteiger partial charge in [-0.05, 0) is 17.9 Å². The second-order valence-corrected chi connectivity index (χ2v) is 4.87. The summed E-state index contributed by atoms with van der Waals surface area (Å²) in [5.74, 6) is 6.50. The Morgan fingerprint density at radius 2 is 2.06 bits per heavy atom. The fourth-order valence-electron chi connectivity index (χ4n) is 2.54. The molecule has 3 nitrogen and oxygen atoms in total. The van der Waals surface area contributed by atoms with Crippen LogP contribution in [0.2, 0.25) is 0 Å². The van der Waals surface area contributed by atoms with Crippen LogP contribution in [-0.4, -0.2) is 13.2 Å². The summed E-state index contributed by atoms with van der Waals surface area (Å²) in [5, 5.41) is 0. The maximum atomic E-state index is 5.68. The van der Waals surface area contributed by atoms with E-state index in [-0.39, 0.29) is 12.1 Å². The summed E-state index contributed by atoms with van der Waals surface area (Å²) in [5.41, 5.74) is 4.12. The molecule has 0 bridgehead atoms. The van der Waals surface area contributed by atoms with Gasteiger partial charge >= 0.3 is 0 Å². The fraction of sp³-hybridized carbons (Fsp3) is 0.571. The number of ether oxygens (including phenoxy) is 1. The van der Waals surface area contributed by atoms with Gasteiger partial charge in [0.05, 0.1) is 12.1 Å². The number of hydrogen-bond donors (Lipinski definition) is 2. The lowest BCUT2D eigenvalue weighted by atomic mass is 9.79. The largest absolute Gasteiger partial charge is 0.375 e. The second-order valence-electron chi connectivity index (χ2n) is 4.87. The summed E-state index contributed by atoms with van der Waals surface area (Å²) in [7, 11) is 1.75. The Bertz CT molecular complexity index is 324. The minimum Gasteiger partial charge on any atom is -0.375 e. The molecule has 94 valence electrons. The Kier molecular flexibility index (Phi) is 4.54. The first-order chi connectivity index (χ1) is 8.35. The normalized spacial score (nSPS) is 19.6. The standard InChI is InChI=1S/C14H22N2O/c1-17-14(12-8-3-2-4-9-12)13(16-15)10-11-6-5-7-11/h2-4,8-9,11,13-14,16H,5-7,10,15H2,1H3. The van der Waals surface area contributed by atoms with Crippen molar-refractivity contribution in [1.29, 1.82) is 0 Å². The van der Waals surface area contributed by atoms with Crippen molar-refractivity contribution in [2.24, 2.45) is 11.8 Å². The highest BCUT2D eigenvalue weighted by Crippen LogP contribution is 2.34. The second kappa shape index (κ2) is 6.15. The molecule has 0 aromatic heterocycles. The molecule has 17 heavy (non-hydrogen) atoms. The van der Waals surface area contributed by atoms with E-state index in [1.165, 1.54) is 24.8 Å². The summed E-state index contributed by atoms with van der Waals surface area (Å²) in [6.07, 6.45) is 5.18. The van der Waals surface area contributed by atoms with Gasteiger partial charge in [0.2, 0.25) is 0 Å². The Morgan fingerprint density at radius 3 is 2.53 bits per heavy atom. The lowest BCUT2D eigenvalue weighted by Crippen LogP contribution is -2.42. The van der Waals surface area contributed by atoms with E-state index >= 15 is 0 Å². The molecule has 1 aliphatic carbocycles. The fourth-order valence-corrected chi connectivity index (χ4v) is 2.54. The van der Waals surface area contributed by atoms with Gasteiger partial charge in [0.25, 0.3) is 0 Å². The van der Waals surface area contributed by atoms with Gasteiger partial charge in [-0.15, -0.1) is 0 Å². The van der Waals surface area contributed by atoms with Crippen molar-refractivity contribution in [2.75, 3.05) is 7.11 Å². The Labute approximate surface area is 103 Å². The van der Waals surface area contributed by atoms with E-state index in [4.69, 9.17) is 10.6 Å². The van der Waals surface area contributed by atoms with Crippen molar-refractivity contribution in [2.45, 2.75) is 37.8 Å². The molecule has 2 unspecified atom stereocenters. The van der Waals surface area contributed by atoms with E-state index in [0.717, 1.165) is 12.3 Å². The molecule has 0 aliphatic heterocycles. The number of methoxy groups -OCH3 is 1. The van der Waals surface area contributed by atoms with E-state index in [9.17, 15) is 0 Å². The molecule has 0 radical (unpaired) electrons. The highest BCUT2D eigenvalue weighted by atomic mass is 16.5. The molecular formula is C14H22N2O. The molecule has 0 heterocycles. The van der Waals surface area contributed by atoms with Crippen molar-refractivity contribution in [3.63, 3.8) is 0 Å². The van der Waals surface area contributed by atoms with Gasteiger partial charge in [-0.25, -0.2) is 0 Å². The Hall–Kier alpha value is -0.900. The molecule has 1 fully saturated rings. The minimum atomic E-state index is 0.0433. The van der Waals surface area contributed by atoms with Gasteiger partial charge < -0.3 is 4.74 Å². The van der Waals surface area contributed by atoms with E-state index in [1.54, 1.807) is 7.11 Å². The van der Waals surface area contributed by atoms with E-state index in [0.29, 0.717) is 0 Å². The number of benzene rings is 1. The molecule has 0 saturated heterocycles. The Morgan fingerprint density at radius 1 is 1.35 bits per heavy atom. The van der Waals surface area contributed by atoms with Crippen LogP contribution in [0.5, 0.6) is 0 Å². The zero-order chi connectivity index (χ0) is 12.1. The molecule has 3 N–H and O–H groups in total. The summed E-state index contributed by atoms with van der Waals surface area (Å²) in [6, 6.07) is 10.5. The zero-order valence-corrected chi connectivity index (χ0v) is 10.4. The van der Waals surface area contributed by atoms with Gasteiger partial charge in [0, 0.05) is 7.11 Å². The van der Waals surface area contributed by atoms with Gasteiger partial charge in [0.1, 0.15) is 0 Å². The number of hydrogen-bond acceptors (Lipinski definition) is 3. The predicted octanol–water partition coefficient (Wildman–Crippen LogP) is 2.40. The van der Waals surface area contributed by atoms with Gasteiger partial charge in [-0.1, -0.05) is 49.6 Å². The van der Waals surface area contributed by atoms with Crippen LogP contribution in [-0.2, 0) is 4.74 Å². The van der Waals surface area contributed by atoms with E-state index in [2.05, 4.69) is 17.6 Å². The molecule has 1 aliphatic rings. The average molecular weight is 234 g/mol. The molecule has 2 rings (SSSR count). The summed E-state index contributed by atoms with van der Waals surface area (Å²) in [4.78, 5) is 0. The van der Waals surface area contributed by atoms with Crippen molar-refractivity contribution < 1.29 is 4.74 Å². The van der Waals surface area contributed by atoms with E-state index in [1.807, 2.05) is 18.2 Å². The molecule has 2 atom stereocenters. The lowest BCUT2D eigenvalue weighted by Gasteiger charge is -2.33. The van der Waals surface area contributed by atoms with Crippen LogP contribution in [0.25, 0.3) is 0 Å². The first-order valence-electron chi connectivity index (χ1n) is 6.39. The third-order valence-electron chi connectivity index (χ3n) is 3.77. The molecular weight excluding hydrogens is 212 g/mol. The predicted molar refractivity (Wildman–Crippen MR) is 69.3 cm³/mol. The van der Waals surface area contributed by atoms with Gasteiger partial charge in [-0.2, -0.15) is 0 Å². The third kappa shape index (κ3) is 3.06. The Balaban J connectivity index is 2.03. The molecule has 0 spiro atoms. The number of nitrogens with two attached hydrogens (primary N) is 1. The third-order valence-corrected chi connectivity index (χ3v) is 3.77. The van der Waals surface area contributed by atoms with Crippen LogP contribution < -0.4 is 11.3 Å². The van der Waals surface area contributed by atoms with Crippen LogP contribution in [0.1, 0.15) is 37.4 Å². The van der Waals surface area contributed by atoms with E-state index < -0.39 is 0 Å². The summed E-state index contributed by atoms with van der Waals surface area (Å²) >= 11 is 0. The maximum absolute atomic E-state index is 5.68. The van der Waals surface area contributed by atoms with Crippen molar-refractivity contribution >= 4 is 0 Å². The number of rotatable bonds is 6. The monoisotopic (exact) mass is 234 g/mol. The lowest BCUT2D eigenvalue weighted by molar-refractivity contribution is 0.0530. The quantitative estimate of drug-likeness (QED) is 0.587. The van der Waals surface area contributed by atoms with Crippen molar-refractivity contribution in [1.82, 2.24) is 5.43 Å². The molecule has 1 aromatic rings. The number of hydrazine groups is 1. The molecule has 3 heteroatoms. The smallest absolute Gasteiger partial charge is 0.0987 e. The van der Waals surface area contributed by atoms with Gasteiger partial charge in [0.15, 0.2) is 0 Å². The van der Waals surface area contributed by atoms with Crippen LogP contribution in [0.3, 0.4) is 0 Å². The topological polar surface area (TPSA) is 47.3 Å². The minimum absolute atomic E-state index is 0.0433. The van der Waals surface area contributed by atoms with Crippen LogP contribution in [0, 0.1) is 5.92 Å². The average Bonchev–Trinajstić information content (AvgIpc) is 2.33. The molecule has 1 saturated carbocycles. The van der Waals surface area contributed by atoms with Crippen molar-refractivity contribution in [3.8, 4) is 0 Å². The zero-order valence-electron chi connectivity index (χ0n) is 10.4. The van der Waals surface area contributed by atoms with Crippen LogP contribution in [0.4, 0.5) is 0 Å². The maximum Gasteiger partial charge on any atom is 0.0987 e. The number of nitrogens with one attached hydrogen (secondary N) is 1. The summed E-state index contributed by atoms with van der Waals surface area (Å²) < 4.78 is 5.62. The highest BCUT2D eigenvalue weighted by Gasteiger charge is 2.27.